The third-order valence-electron chi connectivity index (χ3n) is 2.17. The van der Waals surface area contributed by atoms with Gasteiger partial charge in [-0.2, -0.15) is 0 Å². The molecule has 0 aromatic heterocycles. The molecule has 0 aliphatic heterocycles. The van der Waals surface area contributed by atoms with Crippen LogP contribution in [0.25, 0.3) is 0 Å². The first kappa shape index (κ1) is 17.1. The van der Waals surface area contributed by atoms with Gasteiger partial charge in [0.25, 0.3) is 0 Å². The van der Waals surface area contributed by atoms with Crippen LogP contribution in [0.5, 0.6) is 23.0 Å². The average Bonchev–Trinajstić information content (AvgIpc) is 2.41. The van der Waals surface area contributed by atoms with Crippen molar-refractivity contribution in [2.75, 3.05) is 14.2 Å². The summed E-state index contributed by atoms with van der Waals surface area (Å²) < 4.78 is 9.59. The zero-order valence-electron chi connectivity index (χ0n) is 10.7. The fraction of sp³-hybridized carbons (Fsp3) is 0.143. The van der Waals surface area contributed by atoms with E-state index in [9.17, 15) is 0 Å². The number of phenols is 2. The standard InChI is InChI=1S/2C7H8O2.Co/c2*1-9-7-5-3-2-4-6(7)8;/h2*2-5,8H,1H3;. The summed E-state index contributed by atoms with van der Waals surface area (Å²) in [6, 6.07) is 13.7. The second kappa shape index (κ2) is 9.13. The van der Waals surface area contributed by atoms with Crippen LogP contribution in [0.15, 0.2) is 48.5 Å². The van der Waals surface area contributed by atoms with E-state index in [2.05, 4.69) is 0 Å². The molecular formula is C14H16CoO4. The smallest absolute Gasteiger partial charge is 0.160 e. The second-order valence-corrected chi connectivity index (χ2v) is 3.34. The first-order valence-corrected chi connectivity index (χ1v) is 5.33. The number of rotatable bonds is 2. The maximum Gasteiger partial charge on any atom is 0.160 e. The molecule has 5 heteroatoms. The zero-order valence-corrected chi connectivity index (χ0v) is 11.7. The molecule has 19 heavy (non-hydrogen) atoms. The minimum atomic E-state index is 0. The number of aromatic hydroxyl groups is 2. The van der Waals surface area contributed by atoms with Crippen LogP contribution in [0.4, 0.5) is 0 Å². The number of para-hydroxylation sites is 4. The molecule has 0 unspecified atom stereocenters. The van der Waals surface area contributed by atoms with Crippen LogP contribution in [0, 0.1) is 0 Å². The molecule has 0 bridgehead atoms. The molecule has 4 nitrogen and oxygen atoms in total. The van der Waals surface area contributed by atoms with E-state index in [1.165, 1.54) is 14.2 Å². The van der Waals surface area contributed by atoms with Crippen LogP contribution >= 0.6 is 0 Å². The normalized spacial score (nSPS) is 8.53. The molecule has 0 amide bonds. The second-order valence-electron chi connectivity index (χ2n) is 3.34. The largest absolute Gasteiger partial charge is 0.504 e. The van der Waals surface area contributed by atoms with Crippen molar-refractivity contribution >= 4 is 0 Å². The van der Waals surface area contributed by atoms with Gasteiger partial charge in [-0.3, -0.25) is 0 Å². The Morgan fingerprint density at radius 3 is 1.21 bits per heavy atom. The average molecular weight is 307 g/mol. The maximum atomic E-state index is 8.99. The van der Waals surface area contributed by atoms with Gasteiger partial charge in [-0.15, -0.1) is 0 Å². The van der Waals surface area contributed by atoms with Crippen LogP contribution < -0.4 is 9.47 Å². The fourth-order valence-electron chi connectivity index (χ4n) is 1.26. The summed E-state index contributed by atoms with van der Waals surface area (Å²) in [5, 5.41) is 18.0. The van der Waals surface area contributed by atoms with E-state index in [1.54, 1.807) is 48.5 Å². The van der Waals surface area contributed by atoms with E-state index in [4.69, 9.17) is 19.7 Å². The van der Waals surface area contributed by atoms with Gasteiger partial charge in [0.2, 0.25) is 0 Å². The van der Waals surface area contributed by atoms with Crippen molar-refractivity contribution in [3.05, 3.63) is 48.5 Å². The topological polar surface area (TPSA) is 58.9 Å². The molecule has 0 heterocycles. The van der Waals surface area contributed by atoms with E-state index in [1.807, 2.05) is 0 Å². The van der Waals surface area contributed by atoms with Crippen molar-refractivity contribution in [2.24, 2.45) is 0 Å². The number of hydrogen-bond donors (Lipinski definition) is 2. The summed E-state index contributed by atoms with van der Waals surface area (Å²) in [5.74, 6) is 1.38. The minimum Gasteiger partial charge on any atom is -0.504 e. The zero-order chi connectivity index (χ0) is 13.4. The van der Waals surface area contributed by atoms with Crippen molar-refractivity contribution in [3.63, 3.8) is 0 Å². The van der Waals surface area contributed by atoms with Crippen molar-refractivity contribution in [2.45, 2.75) is 0 Å². The molecule has 1 radical (unpaired) electrons. The Morgan fingerprint density at radius 1 is 0.684 bits per heavy atom. The quantitative estimate of drug-likeness (QED) is 0.896. The summed E-state index contributed by atoms with van der Waals surface area (Å²) in [5.41, 5.74) is 0. The molecular weight excluding hydrogens is 291 g/mol. The van der Waals surface area contributed by atoms with Gasteiger partial charge in [0.05, 0.1) is 14.2 Å². The van der Waals surface area contributed by atoms with Crippen molar-refractivity contribution in [3.8, 4) is 23.0 Å². The number of hydrogen-bond acceptors (Lipinski definition) is 4. The van der Waals surface area contributed by atoms with E-state index >= 15 is 0 Å². The van der Waals surface area contributed by atoms with Gasteiger partial charge in [-0.25, -0.2) is 0 Å². The van der Waals surface area contributed by atoms with Crippen molar-refractivity contribution in [1.29, 1.82) is 0 Å². The van der Waals surface area contributed by atoms with Gasteiger partial charge >= 0.3 is 0 Å². The fourth-order valence-corrected chi connectivity index (χ4v) is 1.26. The molecule has 0 saturated carbocycles. The Labute approximate surface area is 122 Å². The van der Waals surface area contributed by atoms with Gasteiger partial charge in [-0.1, -0.05) is 24.3 Å². The monoisotopic (exact) mass is 307 g/mol. The molecule has 0 spiro atoms. The predicted octanol–water partition coefficient (Wildman–Crippen LogP) is 2.80. The molecule has 0 saturated heterocycles. The summed E-state index contributed by atoms with van der Waals surface area (Å²) in [6.45, 7) is 0. The summed E-state index contributed by atoms with van der Waals surface area (Å²) in [4.78, 5) is 0. The van der Waals surface area contributed by atoms with Crippen molar-refractivity contribution < 1.29 is 36.5 Å². The Morgan fingerprint density at radius 2 is 1.00 bits per heavy atom. The minimum absolute atomic E-state index is 0. The van der Waals surface area contributed by atoms with Gasteiger partial charge in [-0.05, 0) is 24.3 Å². The maximum absolute atomic E-state index is 8.99. The molecule has 2 aromatic rings. The molecule has 0 aliphatic carbocycles. The molecule has 2 aromatic carbocycles. The number of phenolic OH excluding ortho intramolecular Hbond substituents is 2. The van der Waals surface area contributed by atoms with Crippen LogP contribution in [-0.4, -0.2) is 24.4 Å². The Bertz CT molecular complexity index is 443. The van der Waals surface area contributed by atoms with E-state index in [-0.39, 0.29) is 28.3 Å². The Balaban J connectivity index is 0.000000324. The third kappa shape index (κ3) is 5.54. The SMILES string of the molecule is COc1ccccc1O.COc1ccccc1O.[Co]. The molecule has 2 rings (SSSR count). The molecule has 2 N–H and O–H groups in total. The first-order valence-electron chi connectivity index (χ1n) is 5.33. The Hall–Kier alpha value is -1.85. The van der Waals surface area contributed by atoms with Gasteiger partial charge < -0.3 is 19.7 Å². The van der Waals surface area contributed by atoms with Crippen LogP contribution in [0.1, 0.15) is 0 Å². The first-order chi connectivity index (χ1) is 8.69. The number of benzene rings is 2. The van der Waals surface area contributed by atoms with Gasteiger partial charge in [0, 0.05) is 16.8 Å². The summed E-state index contributed by atoms with van der Waals surface area (Å²) in [6.07, 6.45) is 0. The molecule has 0 aliphatic rings. The van der Waals surface area contributed by atoms with Crippen molar-refractivity contribution in [1.82, 2.24) is 0 Å². The van der Waals surface area contributed by atoms with E-state index < -0.39 is 0 Å². The van der Waals surface area contributed by atoms with Gasteiger partial charge in [0.1, 0.15) is 0 Å². The van der Waals surface area contributed by atoms with Crippen LogP contribution in [0.2, 0.25) is 0 Å². The van der Waals surface area contributed by atoms with E-state index in [0.29, 0.717) is 11.5 Å². The predicted molar refractivity (Wildman–Crippen MR) is 69.3 cm³/mol. The molecule has 105 valence electrons. The third-order valence-corrected chi connectivity index (χ3v) is 2.17. The van der Waals surface area contributed by atoms with E-state index in [0.717, 1.165) is 0 Å². The number of ether oxygens (including phenoxy) is 2. The Kier molecular flexibility index (Phi) is 8.24. The van der Waals surface area contributed by atoms with Crippen LogP contribution in [-0.2, 0) is 16.8 Å². The van der Waals surface area contributed by atoms with Crippen LogP contribution in [0.3, 0.4) is 0 Å². The molecule has 0 atom stereocenters. The number of methoxy groups -OCH3 is 2. The summed E-state index contributed by atoms with van der Waals surface area (Å²) >= 11 is 0. The van der Waals surface area contributed by atoms with Gasteiger partial charge in [0.15, 0.2) is 23.0 Å². The molecule has 0 fully saturated rings. The summed E-state index contributed by atoms with van der Waals surface area (Å²) in [7, 11) is 3.05.